The molecule has 0 spiro atoms. The van der Waals surface area contributed by atoms with Crippen LogP contribution in [0.5, 0.6) is 5.75 Å². The van der Waals surface area contributed by atoms with Crippen molar-refractivity contribution in [2.75, 3.05) is 27.3 Å². The first kappa shape index (κ1) is 14.8. The number of hydrogen-bond donors (Lipinski definition) is 0. The van der Waals surface area contributed by atoms with Crippen LogP contribution in [0.2, 0.25) is 0 Å². The highest BCUT2D eigenvalue weighted by Gasteiger charge is 2.26. The van der Waals surface area contributed by atoms with E-state index in [0.717, 1.165) is 24.9 Å². The Balaban J connectivity index is 1.99. The molecule has 110 valence electrons. The number of nitrogens with zero attached hydrogens (tertiary/aromatic N) is 1. The molecule has 0 amide bonds. The van der Waals surface area contributed by atoms with Crippen molar-refractivity contribution < 1.29 is 18.7 Å². The molecule has 1 atom stereocenters. The molecular weight excluding hydrogens is 261 g/mol. The van der Waals surface area contributed by atoms with Crippen molar-refractivity contribution in [3.63, 3.8) is 0 Å². The van der Waals surface area contributed by atoms with E-state index in [1.165, 1.54) is 20.3 Å². The molecule has 20 heavy (non-hydrogen) atoms. The molecule has 1 unspecified atom stereocenters. The fourth-order valence-corrected chi connectivity index (χ4v) is 2.62. The number of rotatable bonds is 4. The fraction of sp³-hybridized carbons (Fsp3) is 0.533. The predicted molar refractivity (Wildman–Crippen MR) is 73.0 cm³/mol. The molecule has 1 aliphatic rings. The Morgan fingerprint density at radius 2 is 2.25 bits per heavy atom. The Hall–Kier alpha value is -1.62. The van der Waals surface area contributed by atoms with E-state index in [1.807, 2.05) is 6.07 Å². The van der Waals surface area contributed by atoms with Gasteiger partial charge in [0, 0.05) is 13.1 Å². The minimum absolute atomic E-state index is 0.0724. The molecule has 5 heteroatoms. The van der Waals surface area contributed by atoms with Gasteiger partial charge in [0.05, 0.1) is 20.1 Å². The molecule has 0 aliphatic carbocycles. The summed E-state index contributed by atoms with van der Waals surface area (Å²) in [4.78, 5) is 13.7. The van der Waals surface area contributed by atoms with Crippen LogP contribution in [0.25, 0.3) is 0 Å². The number of likely N-dealkylation sites (tertiary alicyclic amines) is 1. The lowest BCUT2D eigenvalue weighted by Crippen LogP contribution is -2.38. The van der Waals surface area contributed by atoms with E-state index in [-0.39, 0.29) is 23.5 Å². The van der Waals surface area contributed by atoms with E-state index >= 15 is 0 Å². The van der Waals surface area contributed by atoms with E-state index in [4.69, 9.17) is 9.47 Å². The molecule has 1 aromatic carbocycles. The van der Waals surface area contributed by atoms with E-state index in [1.54, 1.807) is 6.07 Å². The summed E-state index contributed by atoms with van der Waals surface area (Å²) in [6, 6.07) is 4.97. The number of piperidine rings is 1. The highest BCUT2D eigenvalue weighted by molar-refractivity contribution is 5.72. The Morgan fingerprint density at radius 3 is 2.90 bits per heavy atom. The number of carbonyl (C=O) groups is 1. The first-order chi connectivity index (χ1) is 9.63. The van der Waals surface area contributed by atoms with Crippen LogP contribution in [0.15, 0.2) is 18.2 Å². The van der Waals surface area contributed by atoms with Crippen LogP contribution in [-0.2, 0) is 16.1 Å². The van der Waals surface area contributed by atoms with E-state index in [9.17, 15) is 9.18 Å². The summed E-state index contributed by atoms with van der Waals surface area (Å²) >= 11 is 0. The normalized spacial score (nSPS) is 19.6. The van der Waals surface area contributed by atoms with Crippen LogP contribution in [0.4, 0.5) is 4.39 Å². The van der Waals surface area contributed by atoms with Gasteiger partial charge in [-0.05, 0) is 37.1 Å². The number of methoxy groups -OCH3 is 2. The Bertz CT molecular complexity index is 478. The minimum Gasteiger partial charge on any atom is -0.494 e. The maximum Gasteiger partial charge on any atom is 0.309 e. The molecule has 0 bridgehead atoms. The van der Waals surface area contributed by atoms with E-state index in [2.05, 4.69) is 4.90 Å². The summed E-state index contributed by atoms with van der Waals surface area (Å²) < 4.78 is 23.3. The smallest absolute Gasteiger partial charge is 0.309 e. The van der Waals surface area contributed by atoms with Crippen molar-refractivity contribution >= 4 is 5.97 Å². The van der Waals surface area contributed by atoms with Gasteiger partial charge in [-0.15, -0.1) is 0 Å². The van der Waals surface area contributed by atoms with Gasteiger partial charge in [-0.3, -0.25) is 9.69 Å². The lowest BCUT2D eigenvalue weighted by atomic mass is 9.98. The van der Waals surface area contributed by atoms with Gasteiger partial charge in [0.2, 0.25) is 0 Å². The highest BCUT2D eigenvalue weighted by Crippen LogP contribution is 2.22. The molecule has 0 saturated carbocycles. The molecule has 1 heterocycles. The molecule has 2 rings (SSSR count). The quantitative estimate of drug-likeness (QED) is 0.793. The highest BCUT2D eigenvalue weighted by atomic mass is 19.1. The SMILES string of the molecule is COC(=O)C1CCCN(Cc2ccc(OC)c(F)c2)C1. The number of esters is 1. The zero-order valence-electron chi connectivity index (χ0n) is 11.9. The van der Waals surface area contributed by atoms with Crippen molar-refractivity contribution in [1.29, 1.82) is 0 Å². The van der Waals surface area contributed by atoms with Gasteiger partial charge < -0.3 is 9.47 Å². The van der Waals surface area contributed by atoms with E-state index in [0.29, 0.717) is 13.1 Å². The molecule has 1 aliphatic heterocycles. The second-order valence-corrected chi connectivity index (χ2v) is 5.07. The topological polar surface area (TPSA) is 38.8 Å². The van der Waals surface area contributed by atoms with Gasteiger partial charge in [0.25, 0.3) is 0 Å². The monoisotopic (exact) mass is 281 g/mol. The largest absolute Gasteiger partial charge is 0.494 e. The molecule has 1 fully saturated rings. The first-order valence-electron chi connectivity index (χ1n) is 6.76. The summed E-state index contributed by atoms with van der Waals surface area (Å²) in [6.07, 6.45) is 1.82. The summed E-state index contributed by atoms with van der Waals surface area (Å²) in [6.45, 7) is 2.22. The second-order valence-electron chi connectivity index (χ2n) is 5.07. The van der Waals surface area contributed by atoms with Crippen molar-refractivity contribution in [3.8, 4) is 5.75 Å². The third-order valence-corrected chi connectivity index (χ3v) is 3.66. The summed E-state index contributed by atoms with van der Waals surface area (Å²) in [5.74, 6) is -0.334. The molecule has 0 N–H and O–H groups in total. The molecule has 0 radical (unpaired) electrons. The van der Waals surface area contributed by atoms with Crippen molar-refractivity contribution in [2.45, 2.75) is 19.4 Å². The summed E-state index contributed by atoms with van der Waals surface area (Å²) in [5.41, 5.74) is 0.883. The van der Waals surface area contributed by atoms with E-state index < -0.39 is 0 Å². The third-order valence-electron chi connectivity index (χ3n) is 3.66. The Morgan fingerprint density at radius 1 is 1.45 bits per heavy atom. The van der Waals surface area contributed by atoms with Crippen LogP contribution in [0.3, 0.4) is 0 Å². The van der Waals surface area contributed by atoms with Crippen LogP contribution >= 0.6 is 0 Å². The average molecular weight is 281 g/mol. The maximum absolute atomic E-state index is 13.6. The average Bonchev–Trinajstić information content (AvgIpc) is 2.47. The first-order valence-corrected chi connectivity index (χ1v) is 6.76. The molecule has 4 nitrogen and oxygen atoms in total. The number of hydrogen-bond acceptors (Lipinski definition) is 4. The van der Waals surface area contributed by atoms with Crippen LogP contribution in [-0.4, -0.2) is 38.2 Å². The number of halogens is 1. The van der Waals surface area contributed by atoms with Gasteiger partial charge in [-0.2, -0.15) is 0 Å². The lowest BCUT2D eigenvalue weighted by Gasteiger charge is -2.31. The van der Waals surface area contributed by atoms with Gasteiger partial charge in [0.1, 0.15) is 0 Å². The number of carbonyl (C=O) groups excluding carboxylic acids is 1. The summed E-state index contributed by atoms with van der Waals surface area (Å²) in [5, 5.41) is 0. The molecule has 0 aromatic heterocycles. The van der Waals surface area contributed by atoms with Crippen molar-refractivity contribution in [1.82, 2.24) is 4.90 Å². The van der Waals surface area contributed by atoms with Crippen LogP contribution in [0, 0.1) is 11.7 Å². The number of benzene rings is 1. The van der Waals surface area contributed by atoms with Gasteiger partial charge in [-0.1, -0.05) is 6.07 Å². The van der Waals surface area contributed by atoms with Crippen molar-refractivity contribution in [2.24, 2.45) is 5.92 Å². The maximum atomic E-state index is 13.6. The predicted octanol–water partition coefficient (Wildman–Crippen LogP) is 2.22. The summed E-state index contributed by atoms with van der Waals surface area (Å²) in [7, 11) is 2.86. The zero-order valence-corrected chi connectivity index (χ0v) is 11.9. The number of ether oxygens (including phenoxy) is 2. The molecule has 1 saturated heterocycles. The minimum atomic E-state index is -0.355. The molecular formula is C15H20FNO3. The third kappa shape index (κ3) is 3.48. The molecule has 1 aromatic rings. The lowest BCUT2D eigenvalue weighted by molar-refractivity contribution is -0.147. The van der Waals surface area contributed by atoms with Gasteiger partial charge >= 0.3 is 5.97 Å². The van der Waals surface area contributed by atoms with Gasteiger partial charge in [0.15, 0.2) is 11.6 Å². The van der Waals surface area contributed by atoms with Gasteiger partial charge in [-0.25, -0.2) is 4.39 Å². The Kier molecular flexibility index (Phi) is 4.95. The van der Waals surface area contributed by atoms with Crippen molar-refractivity contribution in [3.05, 3.63) is 29.6 Å². The fourth-order valence-electron chi connectivity index (χ4n) is 2.62. The standard InChI is InChI=1S/C15H20FNO3/c1-19-14-6-5-11(8-13(14)16)9-17-7-3-4-12(10-17)15(18)20-2/h5-6,8,12H,3-4,7,9-10H2,1-2H3. The zero-order chi connectivity index (χ0) is 14.5. The van der Waals surface area contributed by atoms with Crippen LogP contribution in [0.1, 0.15) is 18.4 Å². The second kappa shape index (κ2) is 6.70. The Labute approximate surface area is 118 Å². The van der Waals surface area contributed by atoms with Crippen LogP contribution < -0.4 is 4.74 Å².